The van der Waals surface area contributed by atoms with Crippen molar-refractivity contribution in [2.45, 2.75) is 19.1 Å². The number of fused-ring (bicyclic) bond motifs is 1. The van der Waals surface area contributed by atoms with Crippen molar-refractivity contribution in [2.24, 2.45) is 0 Å². The summed E-state index contributed by atoms with van der Waals surface area (Å²) < 4.78 is 10.8. The first kappa shape index (κ1) is 21.7. The molecule has 0 heterocycles. The molecule has 3 aromatic carbocycles. The van der Waals surface area contributed by atoms with Crippen molar-refractivity contribution in [1.82, 2.24) is 5.32 Å². The third-order valence-corrected chi connectivity index (χ3v) is 5.45. The lowest BCUT2D eigenvalue weighted by atomic mass is 10.1. The highest BCUT2D eigenvalue weighted by atomic mass is 32.2. The summed E-state index contributed by atoms with van der Waals surface area (Å²) in [5.41, 5.74) is 1.32. The first-order valence-corrected chi connectivity index (χ1v) is 11.1. The maximum Gasteiger partial charge on any atom is 0.329 e. The minimum Gasteiger partial charge on any atom is -0.496 e. The molecule has 156 valence electrons. The molecule has 0 aliphatic heterocycles. The van der Waals surface area contributed by atoms with E-state index in [1.165, 1.54) is 7.11 Å². The fourth-order valence-corrected chi connectivity index (χ4v) is 3.69. The highest BCUT2D eigenvalue weighted by molar-refractivity contribution is 7.98. The van der Waals surface area contributed by atoms with Crippen LogP contribution in [0.15, 0.2) is 66.7 Å². The van der Waals surface area contributed by atoms with Crippen molar-refractivity contribution < 1.29 is 19.1 Å². The fraction of sp³-hybridized carbons (Fsp3) is 0.250. The first-order valence-electron chi connectivity index (χ1n) is 9.70. The number of thioether (sulfide) groups is 1. The number of methoxy groups -OCH3 is 1. The lowest BCUT2D eigenvalue weighted by Crippen LogP contribution is -2.42. The topological polar surface area (TPSA) is 64.6 Å². The molecule has 1 amide bonds. The van der Waals surface area contributed by atoms with E-state index in [2.05, 4.69) is 5.32 Å². The number of para-hydroxylation sites is 1. The standard InChI is InChI=1S/C24H25NO4S/c1-28-22-13-6-5-12-20(22)23(26)25-21(14-15-30-2)24(27)29-16-18-10-7-9-17-8-3-4-11-19(17)18/h3-13,21H,14-16H2,1-2H3,(H,25,26)/t21-/m0/s1. The van der Waals surface area contributed by atoms with Gasteiger partial charge in [0.15, 0.2) is 0 Å². The number of nitrogens with one attached hydrogen (secondary N) is 1. The monoisotopic (exact) mass is 423 g/mol. The highest BCUT2D eigenvalue weighted by Crippen LogP contribution is 2.20. The number of benzene rings is 3. The van der Waals surface area contributed by atoms with Crippen LogP contribution in [-0.4, -0.2) is 37.0 Å². The van der Waals surface area contributed by atoms with Crippen molar-refractivity contribution in [1.29, 1.82) is 0 Å². The van der Waals surface area contributed by atoms with Gasteiger partial charge in [0.2, 0.25) is 0 Å². The predicted octanol–water partition coefficient (Wildman–Crippen LogP) is 4.44. The molecule has 30 heavy (non-hydrogen) atoms. The van der Waals surface area contributed by atoms with Crippen LogP contribution in [0.3, 0.4) is 0 Å². The maximum atomic E-state index is 12.8. The van der Waals surface area contributed by atoms with E-state index in [0.717, 1.165) is 22.1 Å². The lowest BCUT2D eigenvalue weighted by Gasteiger charge is -2.18. The first-order chi connectivity index (χ1) is 14.6. The molecule has 1 atom stereocenters. The lowest BCUT2D eigenvalue weighted by molar-refractivity contribution is -0.147. The molecule has 0 aliphatic carbocycles. The largest absolute Gasteiger partial charge is 0.496 e. The van der Waals surface area contributed by atoms with Crippen molar-refractivity contribution in [3.63, 3.8) is 0 Å². The summed E-state index contributed by atoms with van der Waals surface area (Å²) in [7, 11) is 1.51. The Kier molecular flexibility index (Phi) is 7.74. The second-order valence-corrected chi connectivity index (χ2v) is 7.74. The maximum absolute atomic E-state index is 12.8. The molecule has 0 saturated carbocycles. The van der Waals surface area contributed by atoms with E-state index in [1.807, 2.05) is 48.7 Å². The van der Waals surface area contributed by atoms with Crippen LogP contribution in [0, 0.1) is 0 Å². The summed E-state index contributed by atoms with van der Waals surface area (Å²) in [6, 6.07) is 20.1. The third kappa shape index (κ3) is 5.33. The van der Waals surface area contributed by atoms with Crippen molar-refractivity contribution in [3.8, 4) is 5.75 Å². The van der Waals surface area contributed by atoms with Gasteiger partial charge in [-0.25, -0.2) is 4.79 Å². The zero-order chi connectivity index (χ0) is 21.3. The van der Waals surface area contributed by atoms with Gasteiger partial charge in [0.05, 0.1) is 12.7 Å². The Morgan fingerprint density at radius 1 is 1.00 bits per heavy atom. The van der Waals surface area contributed by atoms with E-state index in [4.69, 9.17) is 9.47 Å². The van der Waals surface area contributed by atoms with Gasteiger partial charge in [-0.05, 0) is 46.9 Å². The normalized spacial score (nSPS) is 11.7. The number of hydrogen-bond donors (Lipinski definition) is 1. The van der Waals surface area contributed by atoms with Gasteiger partial charge in [-0.2, -0.15) is 11.8 Å². The Morgan fingerprint density at radius 2 is 1.73 bits per heavy atom. The highest BCUT2D eigenvalue weighted by Gasteiger charge is 2.24. The minimum atomic E-state index is -0.732. The Hall–Kier alpha value is -2.99. The molecule has 1 N–H and O–H groups in total. The smallest absolute Gasteiger partial charge is 0.329 e. The molecule has 0 saturated heterocycles. The number of hydrogen-bond acceptors (Lipinski definition) is 5. The molecule has 3 rings (SSSR count). The summed E-state index contributed by atoms with van der Waals surface area (Å²) in [6.45, 7) is 0.153. The van der Waals surface area contributed by atoms with E-state index in [-0.39, 0.29) is 12.5 Å². The van der Waals surface area contributed by atoms with Crippen LogP contribution < -0.4 is 10.1 Å². The molecular weight excluding hydrogens is 398 g/mol. The molecule has 0 radical (unpaired) electrons. The summed E-state index contributed by atoms with van der Waals surface area (Å²) in [5, 5.41) is 4.95. The number of rotatable bonds is 9. The van der Waals surface area contributed by atoms with Gasteiger partial charge in [0.25, 0.3) is 5.91 Å². The van der Waals surface area contributed by atoms with Crippen LogP contribution in [0.1, 0.15) is 22.3 Å². The van der Waals surface area contributed by atoms with Gasteiger partial charge in [-0.3, -0.25) is 4.79 Å². The van der Waals surface area contributed by atoms with E-state index in [0.29, 0.717) is 17.7 Å². The second kappa shape index (κ2) is 10.7. The van der Waals surface area contributed by atoms with Crippen LogP contribution in [0.2, 0.25) is 0 Å². The van der Waals surface area contributed by atoms with Gasteiger partial charge < -0.3 is 14.8 Å². The second-order valence-electron chi connectivity index (χ2n) is 6.75. The number of carbonyl (C=O) groups is 2. The van der Waals surface area contributed by atoms with Gasteiger partial charge in [0.1, 0.15) is 18.4 Å². The molecule has 3 aromatic rings. The zero-order valence-electron chi connectivity index (χ0n) is 17.1. The molecule has 0 aromatic heterocycles. The van der Waals surface area contributed by atoms with Gasteiger partial charge in [-0.15, -0.1) is 0 Å². The summed E-state index contributed by atoms with van der Waals surface area (Å²) >= 11 is 1.61. The van der Waals surface area contributed by atoms with Crippen LogP contribution in [0.4, 0.5) is 0 Å². The van der Waals surface area contributed by atoms with E-state index in [9.17, 15) is 9.59 Å². The molecule has 0 fully saturated rings. The quantitative estimate of drug-likeness (QED) is 0.516. The average molecular weight is 424 g/mol. The number of esters is 1. The van der Waals surface area contributed by atoms with Crippen molar-refractivity contribution in [3.05, 3.63) is 77.9 Å². The number of amides is 1. The number of ether oxygens (including phenoxy) is 2. The predicted molar refractivity (Wildman–Crippen MR) is 121 cm³/mol. The Morgan fingerprint density at radius 3 is 2.53 bits per heavy atom. The van der Waals surface area contributed by atoms with Gasteiger partial charge in [0, 0.05) is 0 Å². The van der Waals surface area contributed by atoms with E-state index < -0.39 is 12.0 Å². The number of carbonyl (C=O) groups excluding carboxylic acids is 2. The van der Waals surface area contributed by atoms with Crippen molar-refractivity contribution >= 4 is 34.4 Å². The van der Waals surface area contributed by atoms with Gasteiger partial charge >= 0.3 is 5.97 Å². The van der Waals surface area contributed by atoms with E-state index >= 15 is 0 Å². The summed E-state index contributed by atoms with van der Waals surface area (Å²) in [5.74, 6) is 0.379. The van der Waals surface area contributed by atoms with Crippen LogP contribution in [0.25, 0.3) is 10.8 Å². The molecule has 0 aliphatic rings. The minimum absolute atomic E-state index is 0.153. The third-order valence-electron chi connectivity index (χ3n) is 4.80. The molecule has 0 bridgehead atoms. The Balaban J connectivity index is 1.71. The van der Waals surface area contributed by atoms with Crippen LogP contribution in [0.5, 0.6) is 5.75 Å². The molecule has 5 nitrogen and oxygen atoms in total. The zero-order valence-corrected chi connectivity index (χ0v) is 17.9. The summed E-state index contributed by atoms with van der Waals surface area (Å²) in [4.78, 5) is 25.5. The van der Waals surface area contributed by atoms with Crippen LogP contribution >= 0.6 is 11.8 Å². The fourth-order valence-electron chi connectivity index (χ4n) is 3.22. The van der Waals surface area contributed by atoms with E-state index in [1.54, 1.807) is 36.0 Å². The SMILES string of the molecule is COc1ccccc1C(=O)N[C@@H](CCSC)C(=O)OCc1cccc2ccccc12. The average Bonchev–Trinajstić information content (AvgIpc) is 2.79. The molecule has 6 heteroatoms. The van der Waals surface area contributed by atoms with Gasteiger partial charge in [-0.1, -0.05) is 54.6 Å². The Labute approximate surface area is 180 Å². The molecular formula is C24H25NO4S. The Bertz CT molecular complexity index is 1020. The van der Waals surface area contributed by atoms with Crippen molar-refractivity contribution in [2.75, 3.05) is 19.1 Å². The summed E-state index contributed by atoms with van der Waals surface area (Å²) in [6.07, 6.45) is 2.44. The van der Waals surface area contributed by atoms with Crippen LogP contribution in [-0.2, 0) is 16.1 Å². The molecule has 0 spiro atoms. The molecule has 0 unspecified atom stereocenters.